The van der Waals surface area contributed by atoms with E-state index in [2.05, 4.69) is 15.2 Å². The summed E-state index contributed by atoms with van der Waals surface area (Å²) in [6.45, 7) is 1.30. The summed E-state index contributed by atoms with van der Waals surface area (Å²) in [5.41, 5.74) is -0.658. The molecule has 0 amide bonds. The molecule has 0 unspecified atom stereocenters. The van der Waals surface area contributed by atoms with Gasteiger partial charge in [-0.2, -0.15) is 28.2 Å². The summed E-state index contributed by atoms with van der Waals surface area (Å²) >= 11 is 1.28. The van der Waals surface area contributed by atoms with E-state index in [4.69, 9.17) is 0 Å². The average Bonchev–Trinajstić information content (AvgIpc) is 3.03. The van der Waals surface area contributed by atoms with Crippen molar-refractivity contribution in [3.05, 3.63) is 36.2 Å². The van der Waals surface area contributed by atoms with E-state index >= 15 is 0 Å². The first-order valence-electron chi connectivity index (χ1n) is 6.60. The molecule has 9 heteroatoms. The fraction of sp³-hybridized carbons (Fsp3) is 0.308. The molecule has 1 aromatic carbocycles. The molecule has 114 valence electrons. The van der Waals surface area contributed by atoms with Crippen LogP contribution in [0.15, 0.2) is 30.6 Å². The van der Waals surface area contributed by atoms with Crippen LogP contribution < -0.4 is 4.90 Å². The van der Waals surface area contributed by atoms with Crippen molar-refractivity contribution in [1.29, 1.82) is 0 Å². The molecule has 3 heterocycles. The Labute approximate surface area is 127 Å². The Kier molecular flexibility index (Phi) is 2.86. The Morgan fingerprint density at radius 3 is 2.55 bits per heavy atom. The monoisotopic (exact) mass is 325 g/mol. The van der Waals surface area contributed by atoms with E-state index in [0.717, 1.165) is 6.07 Å². The van der Waals surface area contributed by atoms with Gasteiger partial charge in [-0.3, -0.25) is 0 Å². The lowest BCUT2D eigenvalue weighted by Gasteiger charge is -2.37. The molecule has 0 saturated carbocycles. The number of fused-ring (bicyclic) bond motifs is 1. The van der Waals surface area contributed by atoms with Gasteiger partial charge in [0, 0.05) is 13.1 Å². The standard InChI is InChI=1S/C13H10F3N5S/c14-13(15,16)9-2-1-3-10-11(9)19-12(22-10)20-6-8(7-20)21-17-4-5-18-21/h1-5,8H,6-7H2. The highest BCUT2D eigenvalue weighted by molar-refractivity contribution is 7.22. The number of anilines is 1. The van der Waals surface area contributed by atoms with Crippen molar-refractivity contribution in [2.45, 2.75) is 12.2 Å². The molecule has 1 saturated heterocycles. The molecule has 0 aliphatic carbocycles. The second-order valence-electron chi connectivity index (χ2n) is 5.05. The number of nitrogens with zero attached hydrogens (tertiary/aromatic N) is 5. The summed E-state index contributed by atoms with van der Waals surface area (Å²) in [6, 6.07) is 4.29. The summed E-state index contributed by atoms with van der Waals surface area (Å²) in [7, 11) is 0. The van der Waals surface area contributed by atoms with Crippen LogP contribution in [0, 0.1) is 0 Å². The number of thiazole rings is 1. The molecule has 0 atom stereocenters. The fourth-order valence-corrected chi connectivity index (χ4v) is 3.48. The third-order valence-electron chi connectivity index (χ3n) is 3.61. The lowest BCUT2D eigenvalue weighted by molar-refractivity contribution is -0.136. The van der Waals surface area contributed by atoms with Gasteiger partial charge in [-0.1, -0.05) is 17.4 Å². The topological polar surface area (TPSA) is 46.8 Å². The minimum atomic E-state index is -4.39. The van der Waals surface area contributed by atoms with E-state index in [1.54, 1.807) is 23.3 Å². The SMILES string of the molecule is FC(F)(F)c1cccc2sc(N3CC(n4nccn4)C3)nc12. The van der Waals surface area contributed by atoms with Gasteiger partial charge in [-0.15, -0.1) is 0 Å². The van der Waals surface area contributed by atoms with Crippen molar-refractivity contribution < 1.29 is 13.2 Å². The van der Waals surface area contributed by atoms with Gasteiger partial charge < -0.3 is 4.90 Å². The predicted molar refractivity (Wildman–Crippen MR) is 75.9 cm³/mol. The summed E-state index contributed by atoms with van der Waals surface area (Å²) in [4.78, 5) is 7.75. The Morgan fingerprint density at radius 2 is 1.86 bits per heavy atom. The molecule has 0 N–H and O–H groups in total. The molecule has 4 rings (SSSR count). The number of benzene rings is 1. The maximum absolute atomic E-state index is 13.0. The van der Waals surface area contributed by atoms with E-state index in [1.165, 1.54) is 17.4 Å². The van der Waals surface area contributed by atoms with Crippen LogP contribution in [0.25, 0.3) is 10.2 Å². The van der Waals surface area contributed by atoms with Crippen LogP contribution in [0.3, 0.4) is 0 Å². The first-order valence-corrected chi connectivity index (χ1v) is 7.41. The van der Waals surface area contributed by atoms with Crippen LogP contribution in [-0.4, -0.2) is 33.1 Å². The van der Waals surface area contributed by atoms with Crippen molar-refractivity contribution in [1.82, 2.24) is 20.0 Å². The zero-order valence-electron chi connectivity index (χ0n) is 11.2. The largest absolute Gasteiger partial charge is 0.418 e. The third kappa shape index (κ3) is 2.12. The number of rotatable bonds is 2. The van der Waals surface area contributed by atoms with Gasteiger partial charge >= 0.3 is 6.18 Å². The van der Waals surface area contributed by atoms with Gasteiger partial charge in [0.25, 0.3) is 0 Å². The lowest BCUT2D eigenvalue weighted by Crippen LogP contribution is -2.48. The van der Waals surface area contributed by atoms with E-state index < -0.39 is 11.7 Å². The number of para-hydroxylation sites is 1. The Balaban J connectivity index is 1.62. The zero-order valence-corrected chi connectivity index (χ0v) is 12.0. The number of hydrogen-bond donors (Lipinski definition) is 0. The molecule has 1 fully saturated rings. The predicted octanol–water partition coefficient (Wildman–Crippen LogP) is 2.97. The highest BCUT2D eigenvalue weighted by Crippen LogP contribution is 2.39. The third-order valence-corrected chi connectivity index (χ3v) is 4.69. The second kappa shape index (κ2) is 4.67. The quantitative estimate of drug-likeness (QED) is 0.727. The minimum absolute atomic E-state index is 0.0238. The normalized spacial score (nSPS) is 16.2. The van der Waals surface area contributed by atoms with Gasteiger partial charge in [0.2, 0.25) is 0 Å². The molecular formula is C13H10F3N5S. The highest BCUT2D eigenvalue weighted by atomic mass is 32.1. The molecule has 5 nitrogen and oxygen atoms in total. The van der Waals surface area contributed by atoms with Crippen molar-refractivity contribution >= 4 is 26.7 Å². The molecule has 0 spiro atoms. The smallest absolute Gasteiger partial charge is 0.343 e. The van der Waals surface area contributed by atoms with Gasteiger partial charge in [-0.05, 0) is 12.1 Å². The van der Waals surface area contributed by atoms with Crippen LogP contribution in [0.5, 0.6) is 0 Å². The maximum Gasteiger partial charge on any atom is 0.418 e. The van der Waals surface area contributed by atoms with E-state index in [-0.39, 0.29) is 11.6 Å². The minimum Gasteiger partial charge on any atom is -0.343 e. The summed E-state index contributed by atoms with van der Waals surface area (Å²) in [5, 5.41) is 8.74. The molecule has 1 aliphatic rings. The molecular weight excluding hydrogens is 315 g/mol. The van der Waals surface area contributed by atoms with Crippen molar-refractivity contribution in [3.63, 3.8) is 0 Å². The summed E-state index contributed by atoms with van der Waals surface area (Å²) in [6.07, 6.45) is -1.17. The summed E-state index contributed by atoms with van der Waals surface area (Å²) in [5.74, 6) is 0. The fourth-order valence-electron chi connectivity index (χ4n) is 2.47. The first kappa shape index (κ1) is 13.5. The van der Waals surface area contributed by atoms with Crippen molar-refractivity contribution in [3.8, 4) is 0 Å². The summed E-state index contributed by atoms with van der Waals surface area (Å²) < 4.78 is 39.6. The van der Waals surface area contributed by atoms with Crippen LogP contribution in [0.1, 0.15) is 11.6 Å². The second-order valence-corrected chi connectivity index (χ2v) is 6.06. The Bertz CT molecular complexity index is 805. The molecule has 0 radical (unpaired) electrons. The lowest BCUT2D eigenvalue weighted by atomic mass is 10.1. The maximum atomic E-state index is 13.0. The molecule has 2 aromatic heterocycles. The molecule has 1 aliphatic heterocycles. The molecule has 0 bridgehead atoms. The zero-order chi connectivity index (χ0) is 15.3. The number of hydrogen-bond acceptors (Lipinski definition) is 5. The number of alkyl halides is 3. The highest BCUT2D eigenvalue weighted by Gasteiger charge is 2.35. The van der Waals surface area contributed by atoms with Crippen molar-refractivity contribution in [2.75, 3.05) is 18.0 Å². The van der Waals surface area contributed by atoms with Gasteiger partial charge in [0.15, 0.2) is 5.13 Å². The number of halogens is 3. The van der Waals surface area contributed by atoms with E-state index in [0.29, 0.717) is 22.9 Å². The van der Waals surface area contributed by atoms with Crippen LogP contribution in [0.4, 0.5) is 18.3 Å². The van der Waals surface area contributed by atoms with Gasteiger partial charge in [0.1, 0.15) is 6.04 Å². The van der Waals surface area contributed by atoms with Crippen LogP contribution in [-0.2, 0) is 6.18 Å². The molecule has 3 aromatic rings. The average molecular weight is 325 g/mol. The van der Waals surface area contributed by atoms with Crippen LogP contribution in [0.2, 0.25) is 0 Å². The van der Waals surface area contributed by atoms with E-state index in [1.807, 2.05) is 4.90 Å². The Hall–Kier alpha value is -2.16. The van der Waals surface area contributed by atoms with Gasteiger partial charge in [-0.25, -0.2) is 4.98 Å². The van der Waals surface area contributed by atoms with Crippen LogP contribution >= 0.6 is 11.3 Å². The van der Waals surface area contributed by atoms with Crippen molar-refractivity contribution in [2.24, 2.45) is 0 Å². The first-order chi connectivity index (χ1) is 10.5. The molecule has 22 heavy (non-hydrogen) atoms. The Morgan fingerprint density at radius 1 is 1.14 bits per heavy atom. The van der Waals surface area contributed by atoms with E-state index in [9.17, 15) is 13.2 Å². The number of aromatic nitrogens is 4. The van der Waals surface area contributed by atoms with Gasteiger partial charge in [0.05, 0.1) is 28.2 Å².